The summed E-state index contributed by atoms with van der Waals surface area (Å²) < 4.78 is 0. The predicted octanol–water partition coefficient (Wildman–Crippen LogP) is 1.62. The molecule has 0 unspecified atom stereocenters. The normalized spacial score (nSPS) is 6.67. The van der Waals surface area contributed by atoms with Crippen molar-refractivity contribution in [3.05, 3.63) is 60.7 Å². The van der Waals surface area contributed by atoms with Gasteiger partial charge >= 0.3 is 0 Å². The van der Waals surface area contributed by atoms with Gasteiger partial charge in [0.25, 0.3) is 0 Å². The van der Waals surface area contributed by atoms with Crippen molar-refractivity contribution in [1.29, 1.82) is 0 Å². The van der Waals surface area contributed by atoms with Crippen LogP contribution in [0.15, 0.2) is 60.7 Å². The average molecular weight is 208 g/mol. The van der Waals surface area contributed by atoms with Gasteiger partial charge in [0.1, 0.15) is 0 Å². The van der Waals surface area contributed by atoms with Gasteiger partial charge in [-0.1, -0.05) is 0 Å². The first kappa shape index (κ1) is 14.5. The molecule has 0 fully saturated rings. The van der Waals surface area contributed by atoms with E-state index in [1.807, 2.05) is 60.7 Å². The van der Waals surface area contributed by atoms with Gasteiger partial charge in [-0.2, -0.15) is 18.2 Å². The van der Waals surface area contributed by atoms with E-state index in [-0.39, 0.29) is 39.1 Å². The first-order valence-corrected chi connectivity index (χ1v) is 3.33. The zero-order chi connectivity index (χ0) is 7.07. The Kier molecular flexibility index (Phi) is 13.2. The smallest absolute Gasteiger partial charge is 0.187 e. The van der Waals surface area contributed by atoms with Crippen LogP contribution in [0, 0.1) is 0 Å². The second-order valence-electron chi connectivity index (χ2n) is 1.92. The van der Waals surface area contributed by atoms with Crippen molar-refractivity contribution in [3.8, 4) is 0 Å². The first-order valence-electron chi connectivity index (χ1n) is 3.33. The Hall–Kier alpha value is -0.0532. The van der Waals surface area contributed by atoms with E-state index in [1.54, 1.807) is 0 Å². The molecule has 0 radical (unpaired) electrons. The minimum atomic E-state index is 0. The van der Waals surface area contributed by atoms with Gasteiger partial charge in [-0.05, 0) is 0 Å². The molecule has 66 valence electrons. The summed E-state index contributed by atoms with van der Waals surface area (Å²) in [6.07, 6.45) is 0. The van der Waals surface area contributed by atoms with E-state index in [1.165, 1.54) is 0 Å². The molecule has 0 spiro atoms. The molecule has 0 atom stereocenters. The van der Waals surface area contributed by atoms with Crippen molar-refractivity contribution >= 4 is 17.4 Å². The third kappa shape index (κ3) is 8.05. The summed E-state index contributed by atoms with van der Waals surface area (Å²) in [5.74, 6) is 0. The molecule has 2 heteroatoms. The third-order valence-electron chi connectivity index (χ3n) is 1.11. The molecule has 0 amide bonds. The number of hydrogen-bond donors (Lipinski definition) is 0. The van der Waals surface area contributed by atoms with Gasteiger partial charge in [0.2, 0.25) is 0 Å². The standard InChI is InChI=1S/2C5H5.Al.Ti.3H/c2*1-2-4-5-3-1;;;;;/h2*1-5H;;;;;/q-5;-1;;;;;. The molecule has 0 aliphatic carbocycles. The molecule has 0 N–H and O–H groups in total. The Bertz CT molecular complexity index is 149. The van der Waals surface area contributed by atoms with E-state index < -0.39 is 0 Å². The minimum Gasteiger partial charge on any atom is -0.748 e. The molecule has 12 heavy (non-hydrogen) atoms. The van der Waals surface area contributed by atoms with Crippen LogP contribution < -0.4 is 0 Å². The van der Waals surface area contributed by atoms with E-state index in [2.05, 4.69) is 0 Å². The van der Waals surface area contributed by atoms with Gasteiger partial charge in [-0.25, -0.2) is 12.1 Å². The monoisotopic (exact) mass is 208 g/mol. The minimum absolute atomic E-state index is 0. The molecular weight excluding hydrogens is 195 g/mol. The summed E-state index contributed by atoms with van der Waals surface area (Å²) in [4.78, 5) is 0. The van der Waals surface area contributed by atoms with Crippen molar-refractivity contribution in [2.45, 2.75) is 0 Å². The maximum Gasteiger partial charge on any atom is 0.187 e. The van der Waals surface area contributed by atoms with Gasteiger partial charge in [-0.15, -0.1) is 0 Å². The van der Waals surface area contributed by atoms with Crippen molar-refractivity contribution in [3.63, 3.8) is 0 Å². The molecule has 0 saturated carbocycles. The zero-order valence-corrected chi connectivity index (χ0v) is 7.84. The Morgan fingerprint density at radius 1 is 0.667 bits per heavy atom. The van der Waals surface area contributed by atoms with Crippen molar-refractivity contribution in [1.82, 2.24) is 0 Å². The molecule has 2 aromatic rings. The Labute approximate surface area is 99.4 Å². The van der Waals surface area contributed by atoms with Crippen LogP contribution >= 0.6 is 0 Å². The van der Waals surface area contributed by atoms with Gasteiger partial charge in [0.15, 0.2) is 17.4 Å². The summed E-state index contributed by atoms with van der Waals surface area (Å²) in [6.45, 7) is 0. The first-order chi connectivity index (χ1) is 5.00. The van der Waals surface area contributed by atoms with E-state index >= 15 is 0 Å². The van der Waals surface area contributed by atoms with E-state index in [0.717, 1.165) is 0 Å². The Morgan fingerprint density at radius 2 is 1.00 bits per heavy atom. The summed E-state index contributed by atoms with van der Waals surface area (Å²) in [6, 6.07) is 20.0. The van der Waals surface area contributed by atoms with Gasteiger partial charge < -0.3 is 30.3 Å². The SMILES string of the molecule is [AlH3].[Ti].[cH-]1[cH-][cH-][cH-][cH-]1.c1cc[cH-]c1. The molecule has 0 saturated heterocycles. The number of rotatable bonds is 0. The molecule has 2 aromatic carbocycles. The molecule has 0 heterocycles. The quantitative estimate of drug-likeness (QED) is 0.456. The summed E-state index contributed by atoms with van der Waals surface area (Å²) in [5.41, 5.74) is 0. The Morgan fingerprint density at radius 3 is 1.17 bits per heavy atom. The molecule has 0 nitrogen and oxygen atoms in total. The van der Waals surface area contributed by atoms with Gasteiger partial charge in [0.05, 0.1) is 0 Å². The fourth-order valence-corrected chi connectivity index (χ4v) is 0.642. The fourth-order valence-electron chi connectivity index (χ4n) is 0.642. The number of hydrogen-bond acceptors (Lipinski definition) is 0. The molecule has 0 aliphatic heterocycles. The zero-order valence-electron chi connectivity index (χ0n) is 6.27. The van der Waals surface area contributed by atoms with E-state index in [4.69, 9.17) is 0 Å². The third-order valence-corrected chi connectivity index (χ3v) is 1.11. The van der Waals surface area contributed by atoms with Crippen LogP contribution in [0.2, 0.25) is 0 Å². The van der Waals surface area contributed by atoms with E-state index in [0.29, 0.717) is 0 Å². The molecular formula is C10H13AlTi-6. The summed E-state index contributed by atoms with van der Waals surface area (Å²) >= 11 is 0. The Balaban J connectivity index is 0. The van der Waals surface area contributed by atoms with Crippen molar-refractivity contribution in [2.24, 2.45) is 0 Å². The van der Waals surface area contributed by atoms with Crippen molar-refractivity contribution < 1.29 is 21.7 Å². The van der Waals surface area contributed by atoms with Gasteiger partial charge in [-0.3, -0.25) is 0 Å². The van der Waals surface area contributed by atoms with Crippen LogP contribution in [-0.2, 0) is 21.7 Å². The van der Waals surface area contributed by atoms with Gasteiger partial charge in [0, 0.05) is 21.7 Å². The summed E-state index contributed by atoms with van der Waals surface area (Å²) in [5, 5.41) is 0. The second kappa shape index (κ2) is 10.9. The molecule has 2 rings (SSSR count). The van der Waals surface area contributed by atoms with Crippen LogP contribution in [0.3, 0.4) is 0 Å². The van der Waals surface area contributed by atoms with Crippen LogP contribution in [0.4, 0.5) is 0 Å². The molecule has 0 aliphatic rings. The summed E-state index contributed by atoms with van der Waals surface area (Å²) in [7, 11) is 0. The maximum absolute atomic E-state index is 2.00. The van der Waals surface area contributed by atoms with E-state index in [9.17, 15) is 0 Å². The van der Waals surface area contributed by atoms with Crippen molar-refractivity contribution in [2.75, 3.05) is 0 Å². The molecule has 0 aromatic heterocycles. The maximum atomic E-state index is 2.00. The topological polar surface area (TPSA) is 0 Å². The van der Waals surface area contributed by atoms with Crippen LogP contribution in [0.25, 0.3) is 0 Å². The van der Waals surface area contributed by atoms with Crippen LogP contribution in [0.5, 0.6) is 0 Å². The largest absolute Gasteiger partial charge is 0.748 e. The van der Waals surface area contributed by atoms with Crippen LogP contribution in [-0.4, -0.2) is 17.4 Å². The second-order valence-corrected chi connectivity index (χ2v) is 1.92. The predicted molar refractivity (Wildman–Crippen MR) is 54.0 cm³/mol. The average Bonchev–Trinajstić information content (AvgIpc) is 2.67. The fraction of sp³-hybridized carbons (Fsp3) is 0. The molecule has 0 bridgehead atoms. The van der Waals surface area contributed by atoms with Crippen LogP contribution in [0.1, 0.15) is 0 Å².